The van der Waals surface area contributed by atoms with Crippen molar-refractivity contribution in [3.05, 3.63) is 69.6 Å². The SMILES string of the molecule is CC[C@@H](C)[C@H](Nc1ccc2c(cc1=O)[C@@H](NC(C)=O)CCc1cc(OC)c(OC)c(OC)c1-2)C(=O)Nc1ccc2nc(CC(C)C)[nH]c2c1. The largest absolute Gasteiger partial charge is 0.493 e. The Balaban J connectivity index is 1.55. The minimum absolute atomic E-state index is 0.110. The van der Waals surface area contributed by atoms with Crippen molar-refractivity contribution in [1.29, 1.82) is 0 Å². The first-order valence-corrected chi connectivity index (χ1v) is 16.8. The summed E-state index contributed by atoms with van der Waals surface area (Å²) in [6.07, 6.45) is 2.66. The number of H-pyrrole nitrogens is 1. The lowest BCUT2D eigenvalue weighted by Gasteiger charge is -2.24. The number of carbonyl (C=O) groups is 2. The van der Waals surface area contributed by atoms with Gasteiger partial charge >= 0.3 is 0 Å². The quantitative estimate of drug-likeness (QED) is 0.136. The van der Waals surface area contributed by atoms with Crippen molar-refractivity contribution in [2.75, 3.05) is 32.0 Å². The summed E-state index contributed by atoms with van der Waals surface area (Å²) < 4.78 is 17.2. The van der Waals surface area contributed by atoms with Gasteiger partial charge in [0.1, 0.15) is 11.9 Å². The molecule has 2 amide bonds. The van der Waals surface area contributed by atoms with E-state index in [1.165, 1.54) is 6.92 Å². The van der Waals surface area contributed by atoms with E-state index in [0.29, 0.717) is 59.2 Å². The van der Waals surface area contributed by atoms with Crippen molar-refractivity contribution in [3.8, 4) is 28.4 Å². The van der Waals surface area contributed by atoms with E-state index in [9.17, 15) is 14.4 Å². The first kappa shape index (κ1) is 35.3. The van der Waals surface area contributed by atoms with Gasteiger partial charge in [0, 0.05) is 24.6 Å². The molecule has 1 heterocycles. The van der Waals surface area contributed by atoms with E-state index in [1.807, 2.05) is 44.2 Å². The van der Waals surface area contributed by atoms with E-state index in [1.54, 1.807) is 33.5 Å². The number of aromatic amines is 1. The van der Waals surface area contributed by atoms with Crippen LogP contribution < -0.4 is 35.6 Å². The number of anilines is 2. The molecule has 0 unspecified atom stereocenters. The molecule has 5 rings (SSSR count). The Bertz CT molecular complexity index is 1920. The van der Waals surface area contributed by atoms with Gasteiger partial charge in [-0.3, -0.25) is 14.4 Å². The number of fused-ring (bicyclic) bond motifs is 4. The summed E-state index contributed by atoms with van der Waals surface area (Å²) in [5, 5.41) is 9.36. The van der Waals surface area contributed by atoms with Crippen molar-refractivity contribution in [2.24, 2.45) is 11.8 Å². The average Bonchev–Trinajstić information content (AvgIpc) is 3.31. The molecule has 4 N–H and O–H groups in total. The second kappa shape index (κ2) is 15.0. The predicted molar refractivity (Wildman–Crippen MR) is 193 cm³/mol. The number of benzene rings is 2. The maximum absolute atomic E-state index is 14.0. The third-order valence-corrected chi connectivity index (χ3v) is 9.12. The van der Waals surface area contributed by atoms with Crippen LogP contribution in [0.25, 0.3) is 22.2 Å². The van der Waals surface area contributed by atoms with Gasteiger partial charge in [0.2, 0.25) is 23.0 Å². The van der Waals surface area contributed by atoms with Crippen LogP contribution in [0.2, 0.25) is 0 Å². The maximum Gasteiger partial charge on any atom is 0.247 e. The Kier molecular flexibility index (Phi) is 10.8. The zero-order chi connectivity index (χ0) is 35.4. The van der Waals surface area contributed by atoms with Crippen LogP contribution in [0, 0.1) is 11.8 Å². The summed E-state index contributed by atoms with van der Waals surface area (Å²) in [6, 6.07) is 11.5. The van der Waals surface area contributed by atoms with E-state index in [4.69, 9.17) is 14.2 Å². The minimum atomic E-state index is -0.716. The number of rotatable bonds is 12. The number of ether oxygens (including phenoxy) is 3. The molecule has 11 nitrogen and oxygen atoms in total. The fourth-order valence-electron chi connectivity index (χ4n) is 6.54. The molecule has 0 spiro atoms. The molecule has 0 bridgehead atoms. The van der Waals surface area contributed by atoms with Crippen molar-refractivity contribution in [3.63, 3.8) is 0 Å². The zero-order valence-corrected chi connectivity index (χ0v) is 29.6. The summed E-state index contributed by atoms with van der Waals surface area (Å²) in [4.78, 5) is 48.2. The number of aryl methyl sites for hydroxylation is 1. The molecule has 4 aromatic rings. The van der Waals surface area contributed by atoms with Gasteiger partial charge in [-0.1, -0.05) is 40.2 Å². The number of nitrogens with zero attached hydrogens (tertiary/aromatic N) is 1. The molecular weight excluding hydrogens is 622 g/mol. The van der Waals surface area contributed by atoms with Crippen LogP contribution in [-0.4, -0.2) is 49.2 Å². The smallest absolute Gasteiger partial charge is 0.247 e. The lowest BCUT2D eigenvalue weighted by atomic mass is 9.95. The molecule has 0 fully saturated rings. The third kappa shape index (κ3) is 7.50. The number of hydrogen-bond donors (Lipinski definition) is 4. The molecule has 1 aromatic heterocycles. The third-order valence-electron chi connectivity index (χ3n) is 9.12. The van der Waals surface area contributed by atoms with Crippen LogP contribution in [0.3, 0.4) is 0 Å². The second-order valence-corrected chi connectivity index (χ2v) is 13.1. The van der Waals surface area contributed by atoms with Gasteiger partial charge in [-0.05, 0) is 77.8 Å². The fourth-order valence-corrected chi connectivity index (χ4v) is 6.54. The molecule has 0 saturated heterocycles. The van der Waals surface area contributed by atoms with Gasteiger partial charge in [0.05, 0.1) is 44.1 Å². The fraction of sp³-hybridized carbons (Fsp3) is 0.421. The summed E-state index contributed by atoms with van der Waals surface area (Å²) in [6.45, 7) is 9.73. The number of methoxy groups -OCH3 is 3. The van der Waals surface area contributed by atoms with E-state index in [2.05, 4.69) is 39.8 Å². The van der Waals surface area contributed by atoms with Crippen LogP contribution in [0.5, 0.6) is 17.2 Å². The highest BCUT2D eigenvalue weighted by atomic mass is 16.5. The first-order chi connectivity index (χ1) is 23.5. The molecule has 49 heavy (non-hydrogen) atoms. The molecule has 0 radical (unpaired) electrons. The predicted octanol–water partition coefficient (Wildman–Crippen LogP) is 6.40. The highest BCUT2D eigenvalue weighted by Gasteiger charge is 2.30. The van der Waals surface area contributed by atoms with Gasteiger partial charge in [-0.2, -0.15) is 0 Å². The van der Waals surface area contributed by atoms with Gasteiger partial charge < -0.3 is 35.1 Å². The van der Waals surface area contributed by atoms with Crippen molar-refractivity contribution >= 4 is 34.2 Å². The van der Waals surface area contributed by atoms with E-state index in [0.717, 1.165) is 34.4 Å². The summed E-state index contributed by atoms with van der Waals surface area (Å²) >= 11 is 0. The Hall–Kier alpha value is -5.06. The molecule has 3 atom stereocenters. The number of nitrogens with one attached hydrogen (secondary N) is 4. The maximum atomic E-state index is 14.0. The van der Waals surface area contributed by atoms with Crippen LogP contribution in [0.4, 0.5) is 11.4 Å². The summed E-state index contributed by atoms with van der Waals surface area (Å²) in [5.74, 6) is 2.21. The molecule has 1 aliphatic rings. The standard InChI is InChI=1S/C38H47N5O6/c1-9-21(4)35(38(46)40-24-11-14-28-30(18-24)42-33(41-28)16-20(2)3)43-29-15-12-25-26(19-31(29)45)27(39-22(5)44)13-10-23-17-32(47-6)36(48-7)37(49-8)34(23)25/h11-12,14-15,17-21,27,35H,9-10,13,16H2,1-8H3,(H,39,44)(H,40,46)(H,41,42)(H,43,45)/t21-,27+,35+/m1/s1. The minimum Gasteiger partial charge on any atom is -0.493 e. The van der Waals surface area contributed by atoms with Crippen molar-refractivity contribution in [1.82, 2.24) is 15.3 Å². The molecule has 3 aromatic carbocycles. The van der Waals surface area contributed by atoms with Crippen molar-refractivity contribution < 1.29 is 23.8 Å². The summed E-state index contributed by atoms with van der Waals surface area (Å²) in [7, 11) is 4.68. The van der Waals surface area contributed by atoms with Crippen LogP contribution >= 0.6 is 0 Å². The number of amides is 2. The van der Waals surface area contributed by atoms with E-state index in [-0.39, 0.29) is 28.8 Å². The first-order valence-electron chi connectivity index (χ1n) is 16.8. The monoisotopic (exact) mass is 669 g/mol. The number of carbonyl (C=O) groups excluding carboxylic acids is 2. The topological polar surface area (TPSA) is 144 Å². The number of imidazole rings is 1. The Morgan fingerprint density at radius 2 is 1.76 bits per heavy atom. The highest BCUT2D eigenvalue weighted by Crippen LogP contribution is 2.50. The van der Waals surface area contributed by atoms with Crippen LogP contribution in [0.1, 0.15) is 70.5 Å². The normalized spacial score (nSPS) is 15.0. The molecule has 11 heteroatoms. The number of hydrogen-bond acceptors (Lipinski definition) is 8. The molecule has 1 aliphatic carbocycles. The van der Waals surface area contributed by atoms with Gasteiger partial charge in [0.15, 0.2) is 11.5 Å². The number of aromatic nitrogens is 2. The second-order valence-electron chi connectivity index (χ2n) is 13.1. The molecule has 260 valence electrons. The van der Waals surface area contributed by atoms with Gasteiger partial charge in [-0.25, -0.2) is 4.98 Å². The van der Waals surface area contributed by atoms with Gasteiger partial charge in [-0.15, -0.1) is 0 Å². The molecule has 0 saturated carbocycles. The molecule has 0 aliphatic heterocycles. The van der Waals surface area contributed by atoms with Crippen LogP contribution in [-0.2, 0) is 22.4 Å². The van der Waals surface area contributed by atoms with Crippen LogP contribution in [0.15, 0.2) is 47.3 Å². The average molecular weight is 670 g/mol. The molecular formula is C38H47N5O6. The van der Waals surface area contributed by atoms with Crippen molar-refractivity contribution in [2.45, 2.75) is 72.4 Å². The Morgan fingerprint density at radius 1 is 1.00 bits per heavy atom. The zero-order valence-electron chi connectivity index (χ0n) is 29.6. The Morgan fingerprint density at radius 3 is 2.41 bits per heavy atom. The van der Waals surface area contributed by atoms with Gasteiger partial charge in [0.25, 0.3) is 0 Å². The van der Waals surface area contributed by atoms with E-state index >= 15 is 0 Å². The van der Waals surface area contributed by atoms with E-state index < -0.39 is 12.1 Å². The lowest BCUT2D eigenvalue weighted by Crippen LogP contribution is -2.40. The lowest BCUT2D eigenvalue weighted by molar-refractivity contribution is -0.120. The Labute approximate surface area is 287 Å². The summed E-state index contributed by atoms with van der Waals surface area (Å²) in [5.41, 5.74) is 5.31. The highest BCUT2D eigenvalue weighted by molar-refractivity contribution is 5.98.